The van der Waals surface area contributed by atoms with Crippen LogP contribution in [0, 0.1) is 0 Å². The molecule has 0 aromatic heterocycles. The third kappa shape index (κ3) is 7.03. The molecule has 0 bridgehead atoms. The zero-order chi connectivity index (χ0) is 23.7. The van der Waals surface area contributed by atoms with Crippen LogP contribution in [0.1, 0.15) is 44.7 Å². The summed E-state index contributed by atoms with van der Waals surface area (Å²) in [6.07, 6.45) is 2.86. The molecule has 1 N–H and O–H groups in total. The number of carboxylic acid groups (broad SMARTS) is 1. The Bertz CT molecular complexity index is 1050. The zero-order valence-corrected chi connectivity index (χ0v) is 20.4. The van der Waals surface area contributed by atoms with Gasteiger partial charge in [0, 0.05) is 10.6 Å². The molecular formula is C28H32O4S. The van der Waals surface area contributed by atoms with Gasteiger partial charge in [-0.15, -0.1) is 11.8 Å². The summed E-state index contributed by atoms with van der Waals surface area (Å²) in [5.74, 6) is 2.63. The van der Waals surface area contributed by atoms with Gasteiger partial charge in [0.05, 0.1) is 12.0 Å². The lowest BCUT2D eigenvalue weighted by Gasteiger charge is -2.20. The van der Waals surface area contributed by atoms with Gasteiger partial charge < -0.3 is 14.6 Å². The highest BCUT2D eigenvalue weighted by Crippen LogP contribution is 2.30. The average Bonchev–Trinajstić information content (AvgIpc) is 2.81. The predicted molar refractivity (Wildman–Crippen MR) is 135 cm³/mol. The summed E-state index contributed by atoms with van der Waals surface area (Å²) >= 11 is 1.72. The molecule has 33 heavy (non-hydrogen) atoms. The van der Waals surface area contributed by atoms with Gasteiger partial charge in [-0.2, -0.15) is 0 Å². The van der Waals surface area contributed by atoms with Crippen LogP contribution in [0.2, 0.25) is 0 Å². The molecule has 3 aromatic rings. The minimum absolute atomic E-state index is 0.628. The number of hydrogen-bond acceptors (Lipinski definition) is 4. The van der Waals surface area contributed by atoms with Crippen LogP contribution in [-0.4, -0.2) is 23.4 Å². The predicted octanol–water partition coefficient (Wildman–Crippen LogP) is 7.35. The van der Waals surface area contributed by atoms with Gasteiger partial charge in [0.15, 0.2) is 0 Å². The van der Waals surface area contributed by atoms with Crippen LogP contribution in [-0.2, 0) is 16.6 Å². The maximum atomic E-state index is 11.5. The summed E-state index contributed by atoms with van der Waals surface area (Å²) in [5.41, 5.74) is 1.08. The van der Waals surface area contributed by atoms with Crippen molar-refractivity contribution in [2.45, 2.75) is 50.3 Å². The summed E-state index contributed by atoms with van der Waals surface area (Å²) in [7, 11) is 0. The van der Waals surface area contributed by atoms with Crippen molar-refractivity contribution in [1.82, 2.24) is 0 Å². The Morgan fingerprint density at radius 1 is 0.970 bits per heavy atom. The molecule has 0 spiro atoms. The summed E-state index contributed by atoms with van der Waals surface area (Å²) in [5, 5.41) is 9.46. The fourth-order valence-corrected chi connectivity index (χ4v) is 4.26. The molecular weight excluding hydrogens is 432 g/mol. The van der Waals surface area contributed by atoms with E-state index < -0.39 is 11.4 Å². The van der Waals surface area contributed by atoms with Gasteiger partial charge in [-0.25, -0.2) is 0 Å². The monoisotopic (exact) mass is 464 g/mol. The number of aryl methyl sites for hydroxylation is 1. The van der Waals surface area contributed by atoms with E-state index in [4.69, 9.17) is 9.47 Å². The Morgan fingerprint density at radius 2 is 1.76 bits per heavy atom. The number of aliphatic carboxylic acids is 1. The molecule has 0 saturated carbocycles. The molecule has 0 aliphatic rings. The summed E-state index contributed by atoms with van der Waals surface area (Å²) < 4.78 is 12.1. The first kappa shape index (κ1) is 24.7. The van der Waals surface area contributed by atoms with Gasteiger partial charge >= 0.3 is 5.97 Å². The van der Waals surface area contributed by atoms with Crippen molar-refractivity contribution in [3.63, 3.8) is 0 Å². The highest BCUT2D eigenvalue weighted by Gasteiger charge is 2.29. The first-order chi connectivity index (χ1) is 15.9. The van der Waals surface area contributed by atoms with Crippen molar-refractivity contribution >= 4 is 17.7 Å². The number of para-hydroxylation sites is 1. The van der Waals surface area contributed by atoms with Crippen LogP contribution in [0.25, 0.3) is 0 Å². The lowest BCUT2D eigenvalue weighted by Crippen LogP contribution is -2.28. The van der Waals surface area contributed by atoms with Crippen molar-refractivity contribution in [2.24, 2.45) is 0 Å². The van der Waals surface area contributed by atoms with E-state index in [2.05, 4.69) is 13.0 Å². The van der Waals surface area contributed by atoms with Crippen molar-refractivity contribution in [2.75, 3.05) is 12.4 Å². The molecule has 0 aliphatic heterocycles. The van der Waals surface area contributed by atoms with E-state index in [0.29, 0.717) is 6.61 Å². The second kappa shape index (κ2) is 11.8. The first-order valence-corrected chi connectivity index (χ1v) is 12.3. The molecule has 174 valence electrons. The van der Waals surface area contributed by atoms with Crippen molar-refractivity contribution in [3.05, 3.63) is 83.9 Å². The molecule has 0 radical (unpaired) electrons. The van der Waals surface area contributed by atoms with Crippen LogP contribution < -0.4 is 9.47 Å². The lowest BCUT2D eigenvalue weighted by molar-refractivity contribution is -0.142. The zero-order valence-electron chi connectivity index (χ0n) is 19.5. The molecule has 0 amide bonds. The van der Waals surface area contributed by atoms with Gasteiger partial charge in [0.25, 0.3) is 0 Å². The van der Waals surface area contributed by atoms with Crippen molar-refractivity contribution in [1.29, 1.82) is 0 Å². The highest BCUT2D eigenvalue weighted by molar-refractivity contribution is 7.99. The van der Waals surface area contributed by atoms with Crippen molar-refractivity contribution < 1.29 is 19.4 Å². The Labute approximate surface area is 201 Å². The minimum atomic E-state index is -0.897. The van der Waals surface area contributed by atoms with Crippen LogP contribution in [0.15, 0.2) is 77.7 Å². The number of carboxylic acids is 1. The SMILES string of the molecule is CCCc1cc(Oc2ccccc2)ccc1OCCCSc1cccc(C(C)(C)C(=O)O)c1. The maximum absolute atomic E-state index is 11.5. The molecule has 0 atom stereocenters. The third-order valence-corrected chi connectivity index (χ3v) is 6.52. The van der Waals surface area contributed by atoms with Crippen molar-refractivity contribution in [3.8, 4) is 17.2 Å². The standard InChI is InChI=1S/C28H32O4S/c1-4-10-21-19-24(32-23-12-6-5-7-13-23)15-16-26(21)31-17-9-18-33-25-14-8-11-22(20-25)28(2,3)27(29)30/h5-8,11-16,19-20H,4,9-10,17-18H2,1-3H3,(H,29,30). The lowest BCUT2D eigenvalue weighted by atomic mass is 9.85. The summed E-state index contributed by atoms with van der Waals surface area (Å²) in [4.78, 5) is 12.6. The molecule has 0 fully saturated rings. The molecule has 3 aromatic carbocycles. The molecule has 3 rings (SSSR count). The smallest absolute Gasteiger partial charge is 0.313 e. The van der Waals surface area contributed by atoms with E-state index in [1.165, 1.54) is 0 Å². The fourth-order valence-electron chi connectivity index (χ4n) is 3.38. The van der Waals surface area contributed by atoms with Gasteiger partial charge in [-0.1, -0.05) is 43.7 Å². The molecule has 0 unspecified atom stereocenters. The summed E-state index contributed by atoms with van der Waals surface area (Å²) in [6, 6.07) is 23.6. The number of thioether (sulfide) groups is 1. The number of benzene rings is 3. The minimum Gasteiger partial charge on any atom is -0.493 e. The van der Waals surface area contributed by atoms with E-state index >= 15 is 0 Å². The third-order valence-electron chi connectivity index (χ3n) is 5.44. The largest absolute Gasteiger partial charge is 0.493 e. The maximum Gasteiger partial charge on any atom is 0.313 e. The van der Waals surface area contributed by atoms with Gasteiger partial charge in [0.1, 0.15) is 17.2 Å². The average molecular weight is 465 g/mol. The number of rotatable bonds is 12. The molecule has 0 saturated heterocycles. The Balaban J connectivity index is 1.52. The second-order valence-electron chi connectivity index (χ2n) is 8.44. The Morgan fingerprint density at radius 3 is 2.48 bits per heavy atom. The molecule has 5 heteroatoms. The van der Waals surface area contributed by atoms with E-state index in [0.717, 1.165) is 58.3 Å². The number of hydrogen-bond donors (Lipinski definition) is 1. The Kier molecular flexibility index (Phi) is 8.84. The van der Waals surface area contributed by atoms with Crippen LogP contribution in [0.3, 0.4) is 0 Å². The topological polar surface area (TPSA) is 55.8 Å². The van der Waals surface area contributed by atoms with Gasteiger partial charge in [-0.3, -0.25) is 4.79 Å². The normalized spacial score (nSPS) is 11.2. The van der Waals surface area contributed by atoms with E-state index in [1.807, 2.05) is 66.7 Å². The van der Waals surface area contributed by atoms with Crippen LogP contribution in [0.5, 0.6) is 17.2 Å². The quantitative estimate of drug-likeness (QED) is 0.224. The van der Waals surface area contributed by atoms with E-state index in [9.17, 15) is 9.90 Å². The number of carbonyl (C=O) groups is 1. The van der Waals surface area contributed by atoms with Gasteiger partial charge in [0.2, 0.25) is 0 Å². The van der Waals surface area contributed by atoms with Crippen LogP contribution >= 0.6 is 11.8 Å². The fraction of sp³-hybridized carbons (Fsp3) is 0.321. The first-order valence-electron chi connectivity index (χ1n) is 11.4. The molecule has 4 nitrogen and oxygen atoms in total. The van der Waals surface area contributed by atoms with Crippen LogP contribution in [0.4, 0.5) is 0 Å². The van der Waals surface area contributed by atoms with E-state index in [-0.39, 0.29) is 0 Å². The molecule has 0 aliphatic carbocycles. The Hall–Kier alpha value is -2.92. The van der Waals surface area contributed by atoms with Gasteiger partial charge in [-0.05, 0) is 80.3 Å². The molecule has 0 heterocycles. The summed E-state index contributed by atoms with van der Waals surface area (Å²) in [6.45, 7) is 6.25. The second-order valence-corrected chi connectivity index (χ2v) is 9.61. The van der Waals surface area contributed by atoms with E-state index in [1.54, 1.807) is 25.6 Å². The highest BCUT2D eigenvalue weighted by atomic mass is 32.2. The number of ether oxygens (including phenoxy) is 2.